The van der Waals surface area contributed by atoms with Crippen molar-refractivity contribution in [3.8, 4) is 0 Å². The topological polar surface area (TPSA) is 88.5 Å². The van der Waals surface area contributed by atoms with Gasteiger partial charge in [0, 0.05) is 12.6 Å². The SMILES string of the molecule is CCc1nc(NC(=O)C2(n3cc(Br)cn3)CC2)n[nH]1. The molecule has 3 rings (SSSR count). The van der Waals surface area contributed by atoms with Crippen LogP contribution < -0.4 is 5.32 Å². The highest BCUT2D eigenvalue weighted by Gasteiger charge is 2.53. The maximum Gasteiger partial charge on any atom is 0.254 e. The lowest BCUT2D eigenvalue weighted by Crippen LogP contribution is -2.34. The summed E-state index contributed by atoms with van der Waals surface area (Å²) >= 11 is 3.34. The van der Waals surface area contributed by atoms with Crippen molar-refractivity contribution in [2.24, 2.45) is 0 Å². The summed E-state index contributed by atoms with van der Waals surface area (Å²) in [7, 11) is 0. The lowest BCUT2D eigenvalue weighted by atomic mass is 10.2. The van der Waals surface area contributed by atoms with Crippen LogP contribution in [0.4, 0.5) is 5.95 Å². The molecule has 2 aromatic rings. The van der Waals surface area contributed by atoms with Crippen molar-refractivity contribution in [2.75, 3.05) is 5.32 Å². The van der Waals surface area contributed by atoms with Crippen molar-refractivity contribution in [1.29, 1.82) is 0 Å². The number of halogens is 1. The van der Waals surface area contributed by atoms with Gasteiger partial charge in [0.1, 0.15) is 11.4 Å². The number of nitrogens with zero attached hydrogens (tertiary/aromatic N) is 4. The minimum atomic E-state index is -0.584. The molecule has 0 saturated heterocycles. The van der Waals surface area contributed by atoms with E-state index in [1.54, 1.807) is 10.9 Å². The number of carbonyl (C=O) groups excluding carboxylic acids is 1. The van der Waals surface area contributed by atoms with E-state index in [0.717, 1.165) is 29.6 Å². The largest absolute Gasteiger partial charge is 0.291 e. The van der Waals surface area contributed by atoms with Gasteiger partial charge in [0.2, 0.25) is 5.95 Å². The third kappa shape index (κ3) is 2.16. The van der Waals surface area contributed by atoms with Gasteiger partial charge in [-0.25, -0.2) is 0 Å². The zero-order chi connectivity index (χ0) is 13.5. The Hall–Kier alpha value is -1.70. The monoisotopic (exact) mass is 324 g/mol. The molecule has 8 heteroatoms. The second-order valence-corrected chi connectivity index (χ2v) is 5.46. The van der Waals surface area contributed by atoms with Crippen LogP contribution in [0.15, 0.2) is 16.9 Å². The summed E-state index contributed by atoms with van der Waals surface area (Å²) in [6.07, 6.45) is 5.79. The molecular formula is C11H13BrN6O. The number of H-pyrrole nitrogens is 1. The minimum Gasteiger partial charge on any atom is -0.291 e. The molecule has 0 aliphatic heterocycles. The highest BCUT2D eigenvalue weighted by atomic mass is 79.9. The summed E-state index contributed by atoms with van der Waals surface area (Å²) < 4.78 is 2.55. The van der Waals surface area contributed by atoms with Crippen LogP contribution in [0.25, 0.3) is 0 Å². The van der Waals surface area contributed by atoms with Crippen molar-refractivity contribution in [1.82, 2.24) is 25.0 Å². The number of carbonyl (C=O) groups is 1. The number of nitrogens with one attached hydrogen (secondary N) is 2. The van der Waals surface area contributed by atoms with Gasteiger partial charge in [-0.3, -0.25) is 19.9 Å². The van der Waals surface area contributed by atoms with E-state index in [-0.39, 0.29) is 5.91 Å². The molecule has 1 amide bonds. The van der Waals surface area contributed by atoms with Crippen LogP contribution in [0.3, 0.4) is 0 Å². The molecular weight excluding hydrogens is 312 g/mol. The van der Waals surface area contributed by atoms with Gasteiger partial charge in [0.15, 0.2) is 0 Å². The average Bonchev–Trinajstić information content (AvgIpc) is 2.90. The molecule has 1 aliphatic carbocycles. The Morgan fingerprint density at radius 2 is 2.42 bits per heavy atom. The first kappa shape index (κ1) is 12.3. The van der Waals surface area contributed by atoms with Gasteiger partial charge in [-0.1, -0.05) is 6.92 Å². The van der Waals surface area contributed by atoms with Gasteiger partial charge in [0.05, 0.1) is 10.7 Å². The number of anilines is 1. The highest BCUT2D eigenvalue weighted by Crippen LogP contribution is 2.44. The van der Waals surface area contributed by atoms with E-state index in [4.69, 9.17) is 0 Å². The average molecular weight is 325 g/mol. The standard InChI is InChI=1S/C11H13BrN6O/c1-2-8-14-10(17-16-8)15-9(19)11(3-4-11)18-6-7(12)5-13-18/h5-6H,2-4H2,1H3,(H2,14,15,16,17,19). The van der Waals surface area contributed by atoms with Gasteiger partial charge < -0.3 is 0 Å². The van der Waals surface area contributed by atoms with Gasteiger partial charge in [-0.15, -0.1) is 5.10 Å². The summed E-state index contributed by atoms with van der Waals surface area (Å²) in [6, 6.07) is 0. The minimum absolute atomic E-state index is 0.121. The summed E-state index contributed by atoms with van der Waals surface area (Å²) in [6.45, 7) is 1.97. The molecule has 0 bridgehead atoms. The molecule has 0 aromatic carbocycles. The Bertz CT molecular complexity index is 614. The van der Waals surface area contributed by atoms with E-state index in [0.29, 0.717) is 5.95 Å². The zero-order valence-electron chi connectivity index (χ0n) is 10.4. The fourth-order valence-corrected chi connectivity index (χ4v) is 2.23. The van der Waals surface area contributed by atoms with E-state index >= 15 is 0 Å². The molecule has 7 nitrogen and oxygen atoms in total. The van der Waals surface area contributed by atoms with Gasteiger partial charge in [-0.2, -0.15) is 10.1 Å². The molecule has 0 unspecified atom stereocenters. The summed E-state index contributed by atoms with van der Waals surface area (Å²) in [4.78, 5) is 16.5. The van der Waals surface area contributed by atoms with Crippen molar-refractivity contribution >= 4 is 27.8 Å². The fraction of sp³-hybridized carbons (Fsp3) is 0.455. The molecule has 19 heavy (non-hydrogen) atoms. The molecule has 2 N–H and O–H groups in total. The third-order valence-electron chi connectivity index (χ3n) is 3.23. The Morgan fingerprint density at radius 3 is 2.95 bits per heavy atom. The number of hydrogen-bond donors (Lipinski definition) is 2. The number of hydrogen-bond acceptors (Lipinski definition) is 4. The molecule has 2 aromatic heterocycles. The van der Waals surface area contributed by atoms with Crippen LogP contribution in [-0.2, 0) is 16.8 Å². The zero-order valence-corrected chi connectivity index (χ0v) is 11.9. The van der Waals surface area contributed by atoms with Crippen LogP contribution >= 0.6 is 15.9 Å². The van der Waals surface area contributed by atoms with Crippen LogP contribution in [0.1, 0.15) is 25.6 Å². The summed E-state index contributed by atoms with van der Waals surface area (Å²) in [5.41, 5.74) is -0.584. The predicted octanol–water partition coefficient (Wildman–Crippen LogP) is 1.45. The maximum atomic E-state index is 12.3. The maximum absolute atomic E-state index is 12.3. The van der Waals surface area contributed by atoms with Gasteiger partial charge in [-0.05, 0) is 28.8 Å². The Labute approximate surface area is 117 Å². The lowest BCUT2D eigenvalue weighted by molar-refractivity contribution is -0.120. The first-order valence-corrected chi connectivity index (χ1v) is 6.87. The van der Waals surface area contributed by atoms with E-state index in [2.05, 4.69) is 41.5 Å². The van der Waals surface area contributed by atoms with E-state index < -0.39 is 5.54 Å². The lowest BCUT2D eigenvalue weighted by Gasteiger charge is -2.14. The Morgan fingerprint density at radius 1 is 1.63 bits per heavy atom. The van der Waals surface area contributed by atoms with Crippen LogP contribution in [0, 0.1) is 0 Å². The second-order valence-electron chi connectivity index (χ2n) is 4.55. The molecule has 0 radical (unpaired) electrons. The first-order chi connectivity index (χ1) is 9.14. The van der Waals surface area contributed by atoms with Crippen LogP contribution in [0.2, 0.25) is 0 Å². The van der Waals surface area contributed by atoms with Gasteiger partial charge in [0.25, 0.3) is 5.91 Å². The Kier molecular flexibility index (Phi) is 2.89. The molecule has 100 valence electrons. The quantitative estimate of drug-likeness (QED) is 0.891. The first-order valence-electron chi connectivity index (χ1n) is 6.07. The van der Waals surface area contributed by atoms with Gasteiger partial charge >= 0.3 is 0 Å². The van der Waals surface area contributed by atoms with Crippen molar-refractivity contribution in [3.63, 3.8) is 0 Å². The number of rotatable bonds is 4. The number of amides is 1. The molecule has 2 heterocycles. The van der Waals surface area contributed by atoms with E-state index in [9.17, 15) is 4.79 Å². The van der Waals surface area contributed by atoms with E-state index in [1.807, 2.05) is 13.1 Å². The third-order valence-corrected chi connectivity index (χ3v) is 3.64. The van der Waals surface area contributed by atoms with E-state index in [1.165, 1.54) is 0 Å². The smallest absolute Gasteiger partial charge is 0.254 e. The molecule has 1 aliphatic rings. The molecule has 0 spiro atoms. The summed E-state index contributed by atoms with van der Waals surface area (Å²) in [5.74, 6) is 0.950. The van der Waals surface area contributed by atoms with Crippen molar-refractivity contribution < 1.29 is 4.79 Å². The normalized spacial score (nSPS) is 16.3. The second kappa shape index (κ2) is 4.44. The summed E-state index contributed by atoms with van der Waals surface area (Å²) in [5, 5.41) is 13.7. The molecule has 0 atom stereocenters. The Balaban J connectivity index is 1.77. The van der Waals surface area contributed by atoms with Crippen LogP contribution in [0.5, 0.6) is 0 Å². The fourth-order valence-electron chi connectivity index (χ4n) is 1.94. The number of aryl methyl sites for hydroxylation is 1. The highest BCUT2D eigenvalue weighted by molar-refractivity contribution is 9.10. The van der Waals surface area contributed by atoms with Crippen molar-refractivity contribution in [2.45, 2.75) is 31.7 Å². The van der Waals surface area contributed by atoms with Crippen LogP contribution in [-0.4, -0.2) is 30.9 Å². The number of aromatic nitrogens is 5. The predicted molar refractivity (Wildman–Crippen MR) is 71.5 cm³/mol. The molecule has 1 saturated carbocycles. The number of aromatic amines is 1. The van der Waals surface area contributed by atoms with Crippen molar-refractivity contribution in [3.05, 3.63) is 22.7 Å². The molecule has 1 fully saturated rings.